The summed E-state index contributed by atoms with van der Waals surface area (Å²) in [6, 6.07) is 31.7. The minimum Gasteiger partial charge on any atom is -0.349 e. The molecular formula is C23H25NOSi. The van der Waals surface area contributed by atoms with Gasteiger partial charge in [0.2, 0.25) is 5.91 Å². The van der Waals surface area contributed by atoms with Gasteiger partial charge in [-0.2, -0.15) is 0 Å². The van der Waals surface area contributed by atoms with Gasteiger partial charge < -0.3 is 4.90 Å². The summed E-state index contributed by atoms with van der Waals surface area (Å²) >= 11 is 0. The first-order valence-electron chi connectivity index (χ1n) is 8.96. The molecule has 3 aromatic rings. The number of rotatable bonds is 5. The predicted molar refractivity (Wildman–Crippen MR) is 112 cm³/mol. The Balaban J connectivity index is 2.37. The molecule has 0 radical (unpaired) electrons. The van der Waals surface area contributed by atoms with Crippen LogP contribution >= 0.6 is 0 Å². The van der Waals surface area contributed by atoms with Crippen molar-refractivity contribution in [3.05, 3.63) is 91.0 Å². The van der Waals surface area contributed by atoms with E-state index in [1.165, 1.54) is 15.6 Å². The van der Waals surface area contributed by atoms with Crippen LogP contribution in [0.3, 0.4) is 0 Å². The number of carbonyl (C=O) groups is 1. The van der Waals surface area contributed by atoms with Gasteiger partial charge in [0.1, 0.15) is 0 Å². The van der Waals surface area contributed by atoms with E-state index in [2.05, 4.69) is 79.7 Å². The van der Waals surface area contributed by atoms with E-state index >= 15 is 0 Å². The highest BCUT2D eigenvalue weighted by Gasteiger charge is 2.47. The highest BCUT2D eigenvalue weighted by Crippen LogP contribution is 2.24. The first-order chi connectivity index (χ1) is 12.6. The molecule has 26 heavy (non-hydrogen) atoms. The molecule has 3 rings (SSSR count). The fraction of sp³-hybridized carbons (Fsp3) is 0.174. The topological polar surface area (TPSA) is 20.3 Å². The smallest absolute Gasteiger partial charge is 0.223 e. The highest BCUT2D eigenvalue weighted by atomic mass is 28.3. The fourth-order valence-electron chi connectivity index (χ4n) is 3.93. The van der Waals surface area contributed by atoms with Crippen LogP contribution in [0.1, 0.15) is 6.92 Å². The van der Waals surface area contributed by atoms with E-state index in [4.69, 9.17) is 0 Å². The van der Waals surface area contributed by atoms with Gasteiger partial charge in [-0.15, -0.1) is 0 Å². The van der Waals surface area contributed by atoms with Crippen molar-refractivity contribution < 1.29 is 4.79 Å². The second-order valence-corrected chi connectivity index (χ2v) is 11.1. The third-order valence-electron chi connectivity index (χ3n) is 5.15. The number of hydrogen-bond acceptors (Lipinski definition) is 1. The predicted octanol–water partition coefficient (Wildman–Crippen LogP) is 2.64. The van der Waals surface area contributed by atoms with Gasteiger partial charge in [0, 0.05) is 19.6 Å². The highest BCUT2D eigenvalue weighted by molar-refractivity contribution is 7.13. The molecule has 0 aliphatic rings. The lowest BCUT2D eigenvalue weighted by atomic mass is 10.3. The SMILES string of the molecule is CC(C(=O)N(C)C)[Si](c1ccccc1)(c1ccccc1)c1ccccc1. The summed E-state index contributed by atoms with van der Waals surface area (Å²) in [4.78, 5) is 14.9. The number of carbonyl (C=O) groups excluding carboxylic acids is 1. The maximum Gasteiger partial charge on any atom is 0.223 e. The molecule has 0 aliphatic carbocycles. The molecule has 1 unspecified atom stereocenters. The molecule has 0 fully saturated rings. The number of hydrogen-bond donors (Lipinski definition) is 0. The summed E-state index contributed by atoms with van der Waals surface area (Å²) in [6.45, 7) is 2.10. The summed E-state index contributed by atoms with van der Waals surface area (Å²) in [5.41, 5.74) is -0.121. The third-order valence-corrected chi connectivity index (χ3v) is 10.4. The first-order valence-corrected chi connectivity index (χ1v) is 11.0. The van der Waals surface area contributed by atoms with E-state index in [9.17, 15) is 4.79 Å². The molecule has 1 amide bonds. The average molecular weight is 360 g/mol. The molecule has 0 N–H and O–H groups in total. The maximum atomic E-state index is 13.2. The average Bonchev–Trinajstić information content (AvgIpc) is 2.70. The standard InChI is InChI=1S/C23H25NOSi/c1-19(23(25)24(2)3)26(20-13-7-4-8-14-20,21-15-9-5-10-16-21)22-17-11-6-12-18-22/h4-19H,1-3H3. The molecular weight excluding hydrogens is 334 g/mol. The second-order valence-electron chi connectivity index (χ2n) is 6.86. The van der Waals surface area contributed by atoms with Crippen molar-refractivity contribution in [1.82, 2.24) is 4.90 Å². The van der Waals surface area contributed by atoms with Crippen molar-refractivity contribution in [2.45, 2.75) is 12.5 Å². The molecule has 3 heteroatoms. The Morgan fingerprint density at radius 2 is 1.00 bits per heavy atom. The zero-order valence-corrected chi connectivity index (χ0v) is 16.6. The van der Waals surface area contributed by atoms with Crippen molar-refractivity contribution >= 4 is 29.5 Å². The van der Waals surface area contributed by atoms with E-state index < -0.39 is 8.07 Å². The Kier molecular flexibility index (Phi) is 5.38. The van der Waals surface area contributed by atoms with Crippen molar-refractivity contribution in [2.75, 3.05) is 14.1 Å². The Hall–Kier alpha value is -2.65. The van der Waals surface area contributed by atoms with Crippen molar-refractivity contribution in [2.24, 2.45) is 0 Å². The van der Waals surface area contributed by atoms with Gasteiger partial charge in [-0.05, 0) is 15.6 Å². The molecule has 1 atom stereocenters. The molecule has 2 nitrogen and oxygen atoms in total. The van der Waals surface area contributed by atoms with Gasteiger partial charge >= 0.3 is 0 Å². The summed E-state index contributed by atoms with van der Waals surface area (Å²) in [7, 11) is 1.15. The molecule has 0 spiro atoms. The first kappa shape index (κ1) is 18.1. The number of amides is 1. The minimum atomic E-state index is -2.54. The van der Waals surface area contributed by atoms with Crippen LogP contribution in [0, 0.1) is 0 Å². The van der Waals surface area contributed by atoms with E-state index in [1.807, 2.05) is 32.3 Å². The van der Waals surface area contributed by atoms with Crippen molar-refractivity contribution in [3.8, 4) is 0 Å². The van der Waals surface area contributed by atoms with Crippen LogP contribution in [0.15, 0.2) is 91.0 Å². The summed E-state index contributed by atoms with van der Waals surface area (Å²) in [5, 5.41) is 3.79. The van der Waals surface area contributed by atoms with E-state index in [-0.39, 0.29) is 11.4 Å². The van der Waals surface area contributed by atoms with Crippen LogP contribution < -0.4 is 15.6 Å². The van der Waals surface area contributed by atoms with Crippen LogP contribution in [-0.2, 0) is 4.79 Å². The monoisotopic (exact) mass is 359 g/mol. The van der Waals surface area contributed by atoms with E-state index in [0.717, 1.165) is 0 Å². The second kappa shape index (κ2) is 7.71. The van der Waals surface area contributed by atoms with Crippen LogP contribution in [0.25, 0.3) is 0 Å². The Morgan fingerprint density at radius 3 is 1.27 bits per heavy atom. The summed E-state index contributed by atoms with van der Waals surface area (Å²) in [5.74, 6) is 0.174. The lowest BCUT2D eigenvalue weighted by Crippen LogP contribution is -2.71. The van der Waals surface area contributed by atoms with Crippen molar-refractivity contribution in [3.63, 3.8) is 0 Å². The Bertz CT molecular complexity index is 750. The lowest BCUT2D eigenvalue weighted by Gasteiger charge is -2.39. The quantitative estimate of drug-likeness (QED) is 0.507. The molecule has 3 aromatic carbocycles. The molecule has 0 aliphatic heterocycles. The summed E-state index contributed by atoms with van der Waals surface area (Å²) in [6.07, 6.45) is 0. The van der Waals surface area contributed by atoms with Gasteiger partial charge in [-0.1, -0.05) is 97.9 Å². The maximum absolute atomic E-state index is 13.2. The van der Waals surface area contributed by atoms with Crippen LogP contribution in [0.4, 0.5) is 0 Å². The van der Waals surface area contributed by atoms with Crippen LogP contribution in [0.2, 0.25) is 5.54 Å². The fourth-order valence-corrected chi connectivity index (χ4v) is 9.21. The van der Waals surface area contributed by atoms with Gasteiger partial charge in [0.05, 0.1) is 0 Å². The molecule has 0 bridgehead atoms. The lowest BCUT2D eigenvalue weighted by molar-refractivity contribution is -0.128. The summed E-state index contributed by atoms with van der Waals surface area (Å²) < 4.78 is 0. The van der Waals surface area contributed by atoms with Gasteiger partial charge in [0.25, 0.3) is 0 Å². The van der Waals surface area contributed by atoms with Gasteiger partial charge in [0.15, 0.2) is 8.07 Å². The Labute approximate surface area is 157 Å². The molecule has 0 heterocycles. The van der Waals surface area contributed by atoms with Gasteiger partial charge in [-0.3, -0.25) is 4.79 Å². The van der Waals surface area contributed by atoms with Crippen LogP contribution in [-0.4, -0.2) is 33.0 Å². The van der Waals surface area contributed by atoms with E-state index in [1.54, 1.807) is 4.90 Å². The Morgan fingerprint density at radius 1 is 0.692 bits per heavy atom. The molecule has 132 valence electrons. The van der Waals surface area contributed by atoms with Crippen molar-refractivity contribution in [1.29, 1.82) is 0 Å². The number of nitrogens with zero attached hydrogens (tertiary/aromatic N) is 1. The number of benzene rings is 3. The van der Waals surface area contributed by atoms with E-state index in [0.29, 0.717) is 0 Å². The minimum absolute atomic E-state index is 0.121. The third kappa shape index (κ3) is 3.11. The normalized spacial score (nSPS) is 12.4. The van der Waals surface area contributed by atoms with Gasteiger partial charge in [-0.25, -0.2) is 0 Å². The molecule has 0 saturated heterocycles. The molecule has 0 aromatic heterocycles. The zero-order valence-electron chi connectivity index (χ0n) is 15.6. The zero-order chi connectivity index (χ0) is 18.6. The largest absolute Gasteiger partial charge is 0.349 e. The van der Waals surface area contributed by atoms with Crippen LogP contribution in [0.5, 0.6) is 0 Å². The molecule has 0 saturated carbocycles.